The molecule has 2 rings (SSSR count). The number of nitrogens with zero attached hydrogens (tertiary/aromatic N) is 3. The Labute approximate surface area is 121 Å². The largest absolute Gasteiger partial charge is 0.337 e. The van der Waals surface area contributed by atoms with Crippen molar-refractivity contribution in [2.45, 2.75) is 19.5 Å². The first-order chi connectivity index (χ1) is 9.60. The number of hydrogen-bond donors (Lipinski definition) is 1. The lowest BCUT2D eigenvalue weighted by atomic mass is 10.0. The summed E-state index contributed by atoms with van der Waals surface area (Å²) in [5, 5.41) is 3.39. The smallest absolute Gasteiger partial charge is 0.122 e. The molecule has 0 radical (unpaired) electrons. The second-order valence-corrected chi connectivity index (χ2v) is 5.40. The van der Waals surface area contributed by atoms with Crippen molar-refractivity contribution < 1.29 is 0 Å². The van der Waals surface area contributed by atoms with Crippen LogP contribution in [0.15, 0.2) is 36.7 Å². The average molecular weight is 272 g/mol. The van der Waals surface area contributed by atoms with E-state index in [2.05, 4.69) is 58.0 Å². The van der Waals surface area contributed by atoms with E-state index in [1.54, 1.807) is 0 Å². The van der Waals surface area contributed by atoms with Gasteiger partial charge in [-0.15, -0.1) is 0 Å². The molecule has 4 nitrogen and oxygen atoms in total. The molecule has 0 aliphatic heterocycles. The maximum atomic E-state index is 4.37. The Morgan fingerprint density at radius 1 is 1.30 bits per heavy atom. The summed E-state index contributed by atoms with van der Waals surface area (Å²) in [6, 6.07) is 9.06. The van der Waals surface area contributed by atoms with Crippen molar-refractivity contribution in [3.8, 4) is 0 Å². The summed E-state index contributed by atoms with van der Waals surface area (Å²) in [5.41, 5.74) is 2.62. The van der Waals surface area contributed by atoms with Crippen molar-refractivity contribution >= 4 is 0 Å². The Bertz CT molecular complexity index is 530. The Hall–Kier alpha value is -1.65. The Morgan fingerprint density at radius 2 is 2.00 bits per heavy atom. The van der Waals surface area contributed by atoms with Crippen LogP contribution >= 0.6 is 0 Å². The molecule has 0 fully saturated rings. The lowest BCUT2D eigenvalue weighted by Gasteiger charge is -2.24. The van der Waals surface area contributed by atoms with Gasteiger partial charge in [0.05, 0.1) is 6.54 Å². The van der Waals surface area contributed by atoms with Gasteiger partial charge < -0.3 is 9.88 Å². The molecule has 0 spiro atoms. The van der Waals surface area contributed by atoms with Crippen molar-refractivity contribution in [1.29, 1.82) is 0 Å². The summed E-state index contributed by atoms with van der Waals surface area (Å²) in [7, 11) is 6.18. The van der Waals surface area contributed by atoms with Crippen molar-refractivity contribution in [3.63, 3.8) is 0 Å². The van der Waals surface area contributed by atoms with Crippen LogP contribution in [0.4, 0.5) is 0 Å². The summed E-state index contributed by atoms with van der Waals surface area (Å²) < 4.78 is 2.07. The number of hydrogen-bond acceptors (Lipinski definition) is 3. The predicted octanol–water partition coefficient (Wildman–Crippen LogP) is 2.12. The normalized spacial score (nSPS) is 12.8. The van der Waals surface area contributed by atoms with E-state index >= 15 is 0 Å². The molecule has 0 amide bonds. The van der Waals surface area contributed by atoms with Crippen LogP contribution in [0.3, 0.4) is 0 Å². The van der Waals surface area contributed by atoms with E-state index in [0.717, 1.165) is 18.9 Å². The second-order valence-electron chi connectivity index (χ2n) is 5.40. The first-order valence-electron chi connectivity index (χ1n) is 6.98. The number of rotatable bonds is 6. The van der Waals surface area contributed by atoms with Crippen molar-refractivity contribution in [2.75, 3.05) is 20.6 Å². The molecule has 0 aliphatic rings. The van der Waals surface area contributed by atoms with Gasteiger partial charge in [0.2, 0.25) is 0 Å². The van der Waals surface area contributed by atoms with Gasteiger partial charge in [0.15, 0.2) is 0 Å². The predicted molar refractivity (Wildman–Crippen MR) is 82.5 cm³/mol. The minimum absolute atomic E-state index is 0.334. The van der Waals surface area contributed by atoms with Gasteiger partial charge in [0.25, 0.3) is 0 Å². The van der Waals surface area contributed by atoms with Crippen LogP contribution in [-0.2, 0) is 13.6 Å². The molecule has 1 heterocycles. The highest BCUT2D eigenvalue weighted by molar-refractivity contribution is 5.24. The third-order valence-corrected chi connectivity index (χ3v) is 3.65. The van der Waals surface area contributed by atoms with Crippen LogP contribution in [0.1, 0.15) is 23.0 Å². The summed E-state index contributed by atoms with van der Waals surface area (Å²) in [5.74, 6) is 1.09. The number of nitrogens with one attached hydrogen (secondary N) is 1. The average Bonchev–Trinajstić information content (AvgIpc) is 2.83. The van der Waals surface area contributed by atoms with Crippen LogP contribution < -0.4 is 5.32 Å². The highest BCUT2D eigenvalue weighted by Crippen LogP contribution is 2.15. The number of benzene rings is 1. The zero-order valence-electron chi connectivity index (χ0n) is 12.8. The lowest BCUT2D eigenvalue weighted by molar-refractivity contribution is 0.280. The van der Waals surface area contributed by atoms with E-state index in [-0.39, 0.29) is 0 Å². The van der Waals surface area contributed by atoms with Crippen molar-refractivity contribution in [1.82, 2.24) is 19.8 Å². The minimum atomic E-state index is 0.334. The zero-order chi connectivity index (χ0) is 14.5. The highest BCUT2D eigenvalue weighted by atomic mass is 15.2. The molecule has 0 saturated heterocycles. The maximum absolute atomic E-state index is 4.37. The third-order valence-electron chi connectivity index (χ3n) is 3.65. The number of imidazole rings is 1. The maximum Gasteiger partial charge on any atom is 0.122 e. The summed E-state index contributed by atoms with van der Waals surface area (Å²) in [6.07, 6.45) is 3.83. The molecule has 0 bridgehead atoms. The van der Waals surface area contributed by atoms with Crippen molar-refractivity contribution in [3.05, 3.63) is 53.6 Å². The fourth-order valence-corrected chi connectivity index (χ4v) is 2.33. The van der Waals surface area contributed by atoms with E-state index in [9.17, 15) is 0 Å². The molecule has 1 unspecified atom stereocenters. The molecule has 1 atom stereocenters. The van der Waals surface area contributed by atoms with E-state index in [1.165, 1.54) is 11.1 Å². The van der Waals surface area contributed by atoms with Gasteiger partial charge in [0, 0.05) is 32.0 Å². The molecular weight excluding hydrogens is 248 g/mol. The van der Waals surface area contributed by atoms with E-state index < -0.39 is 0 Å². The molecule has 4 heteroatoms. The second kappa shape index (κ2) is 6.68. The molecule has 1 N–H and O–H groups in total. The van der Waals surface area contributed by atoms with Crippen LogP contribution in [-0.4, -0.2) is 35.1 Å². The van der Waals surface area contributed by atoms with Crippen LogP contribution in [0.25, 0.3) is 0 Å². The Morgan fingerprint density at radius 3 is 2.55 bits per heavy atom. The van der Waals surface area contributed by atoms with Crippen LogP contribution in [0.2, 0.25) is 0 Å². The Balaban J connectivity index is 1.99. The quantitative estimate of drug-likeness (QED) is 0.874. The van der Waals surface area contributed by atoms with Gasteiger partial charge in [-0.1, -0.05) is 29.8 Å². The van der Waals surface area contributed by atoms with Crippen molar-refractivity contribution in [2.24, 2.45) is 7.05 Å². The van der Waals surface area contributed by atoms with E-state index in [0.29, 0.717) is 6.04 Å². The molecule has 1 aromatic carbocycles. The first-order valence-corrected chi connectivity index (χ1v) is 6.98. The highest BCUT2D eigenvalue weighted by Gasteiger charge is 2.13. The lowest BCUT2D eigenvalue weighted by Crippen LogP contribution is -2.31. The SMILES string of the molecule is CNC(CN(C)Cc1nccn1C)c1ccc(C)cc1. The standard InChI is InChI=1S/C16H24N4/c1-13-5-7-14(8-6-13)15(17-2)11-19(3)12-16-18-9-10-20(16)4/h5-10,15,17H,11-12H2,1-4H3. The van der Waals surface area contributed by atoms with Gasteiger partial charge in [0.1, 0.15) is 5.82 Å². The molecule has 0 saturated carbocycles. The van der Waals surface area contributed by atoms with Gasteiger partial charge >= 0.3 is 0 Å². The number of aryl methyl sites for hydroxylation is 2. The molecule has 20 heavy (non-hydrogen) atoms. The van der Waals surface area contributed by atoms with Crippen LogP contribution in [0.5, 0.6) is 0 Å². The summed E-state index contributed by atoms with van der Waals surface area (Å²) >= 11 is 0. The van der Waals surface area contributed by atoms with Gasteiger partial charge in [-0.05, 0) is 26.6 Å². The van der Waals surface area contributed by atoms with Crippen LogP contribution in [0, 0.1) is 6.92 Å². The van der Waals surface area contributed by atoms with Gasteiger partial charge in [-0.3, -0.25) is 4.90 Å². The summed E-state index contributed by atoms with van der Waals surface area (Å²) in [4.78, 5) is 6.67. The van der Waals surface area contributed by atoms with Gasteiger partial charge in [-0.2, -0.15) is 0 Å². The molecule has 108 valence electrons. The molecule has 1 aromatic heterocycles. The fourth-order valence-electron chi connectivity index (χ4n) is 2.33. The fraction of sp³-hybridized carbons (Fsp3) is 0.438. The molecule has 2 aromatic rings. The topological polar surface area (TPSA) is 33.1 Å². The monoisotopic (exact) mass is 272 g/mol. The number of likely N-dealkylation sites (N-methyl/N-ethyl adjacent to an activating group) is 2. The molecule has 0 aliphatic carbocycles. The van der Waals surface area contributed by atoms with E-state index in [1.807, 2.05) is 26.5 Å². The van der Waals surface area contributed by atoms with Gasteiger partial charge in [-0.25, -0.2) is 4.98 Å². The summed E-state index contributed by atoms with van der Waals surface area (Å²) in [6.45, 7) is 3.92. The van der Waals surface area contributed by atoms with E-state index in [4.69, 9.17) is 0 Å². The number of aromatic nitrogens is 2. The minimum Gasteiger partial charge on any atom is -0.337 e. The third kappa shape index (κ3) is 3.68. The molecular formula is C16H24N4. The zero-order valence-corrected chi connectivity index (χ0v) is 12.8. The Kier molecular flexibility index (Phi) is 4.93. The first kappa shape index (κ1) is 14.8.